The van der Waals surface area contributed by atoms with Crippen molar-refractivity contribution in [2.24, 2.45) is 5.41 Å². The van der Waals surface area contributed by atoms with Crippen LogP contribution in [0.5, 0.6) is 5.75 Å². The quantitative estimate of drug-likeness (QED) is 0.728. The molecule has 1 atom stereocenters. The molecule has 1 aromatic rings. The molecule has 1 aliphatic rings. The number of fused-ring (bicyclic) bond motifs is 1. The van der Waals surface area contributed by atoms with Crippen molar-refractivity contribution in [1.82, 2.24) is 0 Å². The molecule has 0 bridgehead atoms. The molecular formula is C14H20O2. The van der Waals surface area contributed by atoms with Crippen LogP contribution in [-0.2, 0) is 5.60 Å². The number of rotatable bonds is 0. The summed E-state index contributed by atoms with van der Waals surface area (Å²) in [5.41, 5.74) is -0.760. The van der Waals surface area contributed by atoms with Gasteiger partial charge in [-0.1, -0.05) is 32.0 Å². The average molecular weight is 220 g/mol. The third-order valence-electron chi connectivity index (χ3n) is 4.50. The van der Waals surface area contributed by atoms with Gasteiger partial charge in [-0.15, -0.1) is 0 Å². The maximum atomic E-state index is 10.8. The Morgan fingerprint density at radius 2 is 1.56 bits per heavy atom. The number of ether oxygens (including phenoxy) is 1. The first-order chi connectivity index (χ1) is 7.20. The fourth-order valence-electron chi connectivity index (χ4n) is 2.28. The van der Waals surface area contributed by atoms with E-state index in [1.54, 1.807) is 0 Å². The van der Waals surface area contributed by atoms with Crippen LogP contribution in [0, 0.1) is 5.41 Å². The average Bonchev–Trinajstić information content (AvgIpc) is 2.15. The lowest BCUT2D eigenvalue weighted by atomic mass is 9.61. The van der Waals surface area contributed by atoms with E-state index in [1.165, 1.54) is 0 Å². The van der Waals surface area contributed by atoms with Gasteiger partial charge in [0, 0.05) is 11.0 Å². The second-order valence-electron chi connectivity index (χ2n) is 5.81. The first kappa shape index (κ1) is 11.5. The molecule has 0 saturated carbocycles. The van der Waals surface area contributed by atoms with E-state index in [0.717, 1.165) is 11.3 Å². The summed E-state index contributed by atoms with van der Waals surface area (Å²) in [7, 11) is 0. The molecule has 2 heteroatoms. The van der Waals surface area contributed by atoms with Gasteiger partial charge >= 0.3 is 0 Å². The summed E-state index contributed by atoms with van der Waals surface area (Å²) in [5, 5.41) is 10.8. The Bertz CT molecular complexity index is 416. The summed E-state index contributed by atoms with van der Waals surface area (Å²) in [6.45, 7) is 10.0. The second kappa shape index (κ2) is 3.01. The summed E-state index contributed by atoms with van der Waals surface area (Å²) in [6.07, 6.45) is 0. The van der Waals surface area contributed by atoms with Gasteiger partial charge in [0.15, 0.2) is 0 Å². The first-order valence-corrected chi connectivity index (χ1v) is 5.71. The third kappa shape index (κ3) is 1.23. The minimum atomic E-state index is -0.884. The van der Waals surface area contributed by atoms with Gasteiger partial charge in [-0.05, 0) is 26.8 Å². The summed E-state index contributed by atoms with van der Waals surface area (Å²) in [4.78, 5) is 0. The van der Waals surface area contributed by atoms with Crippen molar-refractivity contribution in [2.75, 3.05) is 0 Å². The Hall–Kier alpha value is -1.02. The minimum Gasteiger partial charge on any atom is -0.487 e. The number of benzene rings is 1. The maximum absolute atomic E-state index is 10.8. The molecule has 1 aliphatic heterocycles. The van der Waals surface area contributed by atoms with Crippen LogP contribution in [0.2, 0.25) is 0 Å². The molecule has 1 aromatic carbocycles. The number of para-hydroxylation sites is 1. The number of aliphatic hydroxyl groups is 1. The Balaban J connectivity index is 2.68. The van der Waals surface area contributed by atoms with Crippen LogP contribution < -0.4 is 4.74 Å². The largest absolute Gasteiger partial charge is 0.487 e. The first-order valence-electron chi connectivity index (χ1n) is 5.71. The topological polar surface area (TPSA) is 29.5 Å². The highest BCUT2D eigenvalue weighted by molar-refractivity contribution is 5.42. The molecule has 2 rings (SSSR count). The zero-order chi connectivity index (χ0) is 12.2. The van der Waals surface area contributed by atoms with Crippen molar-refractivity contribution >= 4 is 0 Å². The van der Waals surface area contributed by atoms with Crippen molar-refractivity contribution in [2.45, 2.75) is 45.8 Å². The van der Waals surface area contributed by atoms with E-state index < -0.39 is 11.2 Å². The summed E-state index contributed by atoms with van der Waals surface area (Å²) >= 11 is 0. The highest BCUT2D eigenvalue weighted by Gasteiger charge is 2.56. The molecular weight excluding hydrogens is 200 g/mol. The molecule has 0 amide bonds. The molecule has 1 N–H and O–H groups in total. The highest BCUT2D eigenvalue weighted by Crippen LogP contribution is 2.54. The molecule has 1 heterocycles. The fourth-order valence-corrected chi connectivity index (χ4v) is 2.28. The highest BCUT2D eigenvalue weighted by atomic mass is 16.5. The Morgan fingerprint density at radius 1 is 1.00 bits per heavy atom. The zero-order valence-electron chi connectivity index (χ0n) is 10.7. The van der Waals surface area contributed by atoms with E-state index in [9.17, 15) is 5.11 Å². The maximum Gasteiger partial charge on any atom is 0.126 e. The van der Waals surface area contributed by atoms with Crippen molar-refractivity contribution in [1.29, 1.82) is 0 Å². The van der Waals surface area contributed by atoms with Crippen molar-refractivity contribution in [3.8, 4) is 5.75 Å². The smallest absolute Gasteiger partial charge is 0.126 e. The summed E-state index contributed by atoms with van der Waals surface area (Å²) in [6, 6.07) is 7.72. The van der Waals surface area contributed by atoms with Gasteiger partial charge in [0.25, 0.3) is 0 Å². The van der Waals surface area contributed by atoms with Crippen LogP contribution in [0.4, 0.5) is 0 Å². The molecule has 0 fully saturated rings. The molecule has 0 radical (unpaired) electrons. The molecule has 0 saturated heterocycles. The van der Waals surface area contributed by atoms with Gasteiger partial charge in [-0.2, -0.15) is 0 Å². The van der Waals surface area contributed by atoms with Crippen molar-refractivity contribution < 1.29 is 9.84 Å². The molecule has 0 aromatic heterocycles. The van der Waals surface area contributed by atoms with Crippen LogP contribution in [0.3, 0.4) is 0 Å². The monoisotopic (exact) mass is 220 g/mol. The van der Waals surface area contributed by atoms with Gasteiger partial charge < -0.3 is 9.84 Å². The van der Waals surface area contributed by atoms with Gasteiger partial charge in [-0.25, -0.2) is 0 Å². The van der Waals surface area contributed by atoms with Crippen molar-refractivity contribution in [3.63, 3.8) is 0 Å². The molecule has 0 spiro atoms. The van der Waals surface area contributed by atoms with E-state index in [-0.39, 0.29) is 5.41 Å². The number of hydrogen-bond donors (Lipinski definition) is 1. The van der Waals surface area contributed by atoms with Gasteiger partial charge in [-0.3, -0.25) is 0 Å². The zero-order valence-corrected chi connectivity index (χ0v) is 10.7. The van der Waals surface area contributed by atoms with Crippen molar-refractivity contribution in [3.05, 3.63) is 29.8 Å². The molecule has 1 unspecified atom stereocenters. The standard InChI is InChI=1S/C14H20O2/c1-12(2)13(3,4)16-11-9-7-6-8-10(11)14(12,5)15/h6-9,15H,1-5H3. The second-order valence-corrected chi connectivity index (χ2v) is 5.81. The normalized spacial score (nSPS) is 30.4. The molecule has 88 valence electrons. The molecule has 16 heavy (non-hydrogen) atoms. The minimum absolute atomic E-state index is 0.353. The predicted molar refractivity (Wildman–Crippen MR) is 64.5 cm³/mol. The lowest BCUT2D eigenvalue weighted by molar-refractivity contribution is -0.169. The van der Waals surface area contributed by atoms with Gasteiger partial charge in [0.05, 0.1) is 5.60 Å². The molecule has 0 aliphatic carbocycles. The summed E-state index contributed by atoms with van der Waals surface area (Å²) in [5.74, 6) is 0.789. The van der Waals surface area contributed by atoms with Gasteiger partial charge in [0.1, 0.15) is 11.4 Å². The third-order valence-corrected chi connectivity index (χ3v) is 4.50. The van der Waals surface area contributed by atoms with E-state index >= 15 is 0 Å². The van der Waals surface area contributed by atoms with E-state index in [2.05, 4.69) is 0 Å². The summed E-state index contributed by atoms with van der Waals surface area (Å²) < 4.78 is 6.01. The lowest BCUT2D eigenvalue weighted by Gasteiger charge is -2.54. The Labute approximate surface area is 97.3 Å². The lowest BCUT2D eigenvalue weighted by Crippen LogP contribution is -2.58. The predicted octanol–water partition coefficient (Wildman–Crippen LogP) is 3.09. The van der Waals surface area contributed by atoms with E-state index in [4.69, 9.17) is 4.74 Å². The van der Waals surface area contributed by atoms with Crippen LogP contribution in [0.15, 0.2) is 24.3 Å². The van der Waals surface area contributed by atoms with E-state index in [1.807, 2.05) is 58.9 Å². The van der Waals surface area contributed by atoms with Gasteiger partial charge in [0.2, 0.25) is 0 Å². The van der Waals surface area contributed by atoms with Crippen LogP contribution >= 0.6 is 0 Å². The Kier molecular flexibility index (Phi) is 2.16. The van der Waals surface area contributed by atoms with Crippen LogP contribution in [0.1, 0.15) is 40.2 Å². The van der Waals surface area contributed by atoms with Crippen LogP contribution in [-0.4, -0.2) is 10.7 Å². The van der Waals surface area contributed by atoms with E-state index in [0.29, 0.717) is 0 Å². The SMILES string of the molecule is CC1(C)Oc2ccccc2C(C)(O)C1(C)C. The van der Waals surface area contributed by atoms with Crippen LogP contribution in [0.25, 0.3) is 0 Å². The molecule has 2 nitrogen and oxygen atoms in total. The fraction of sp³-hybridized carbons (Fsp3) is 0.571. The Morgan fingerprint density at radius 3 is 2.19 bits per heavy atom. The number of hydrogen-bond acceptors (Lipinski definition) is 2.